The molecule has 30 heavy (non-hydrogen) atoms. The smallest absolute Gasteiger partial charge is 0.337 e. The molecule has 2 N–H and O–H groups in total. The van der Waals surface area contributed by atoms with Crippen molar-refractivity contribution in [2.45, 2.75) is 25.1 Å². The first-order valence-corrected chi connectivity index (χ1v) is 8.66. The van der Waals surface area contributed by atoms with Crippen LogP contribution in [-0.2, 0) is 17.4 Å². The number of amides is 2. The van der Waals surface area contributed by atoms with Gasteiger partial charge in [0, 0.05) is 6.07 Å². The number of hydrogen-bond donors (Lipinski definition) is 2. The van der Waals surface area contributed by atoms with Crippen molar-refractivity contribution in [3.8, 4) is 0 Å². The van der Waals surface area contributed by atoms with Crippen LogP contribution < -0.4 is 10.6 Å². The number of alkyl halides is 3. The van der Waals surface area contributed by atoms with Gasteiger partial charge in [-0.15, -0.1) is 5.10 Å². The summed E-state index contributed by atoms with van der Waals surface area (Å²) in [6, 6.07) is 3.69. The molecule has 156 valence electrons. The quantitative estimate of drug-likeness (QED) is 0.618. The lowest BCUT2D eigenvalue weighted by atomic mass is 10.1. The van der Waals surface area contributed by atoms with E-state index in [1.54, 1.807) is 0 Å². The molecule has 1 atom stereocenters. The highest BCUT2D eigenvalue weighted by Crippen LogP contribution is 2.29. The number of hydrogen-bond acceptors (Lipinski definition) is 4. The lowest BCUT2D eigenvalue weighted by Crippen LogP contribution is -2.43. The molecule has 3 aromatic rings. The fourth-order valence-electron chi connectivity index (χ4n) is 3.18. The monoisotopic (exact) mass is 425 g/mol. The van der Waals surface area contributed by atoms with Crippen LogP contribution in [0.2, 0.25) is 0 Å². The van der Waals surface area contributed by atoms with Gasteiger partial charge in [-0.3, -0.25) is 9.59 Å². The van der Waals surface area contributed by atoms with E-state index in [0.29, 0.717) is 10.6 Å². The number of rotatable bonds is 2. The largest absolute Gasteiger partial charge is 0.433 e. The number of halogens is 5. The Balaban J connectivity index is 1.57. The molecule has 0 radical (unpaired) electrons. The van der Waals surface area contributed by atoms with Gasteiger partial charge < -0.3 is 10.6 Å². The van der Waals surface area contributed by atoms with E-state index in [1.165, 1.54) is 6.07 Å². The number of nitrogens with zero attached hydrogens (tertiary/aromatic N) is 3. The highest BCUT2D eigenvalue weighted by atomic mass is 19.4. The number of aromatic nitrogens is 3. The van der Waals surface area contributed by atoms with E-state index in [4.69, 9.17) is 0 Å². The number of anilines is 1. The van der Waals surface area contributed by atoms with Gasteiger partial charge in [-0.05, 0) is 36.6 Å². The Bertz CT molecular complexity index is 1170. The van der Waals surface area contributed by atoms with Crippen LogP contribution in [0.25, 0.3) is 5.65 Å². The predicted molar refractivity (Wildman–Crippen MR) is 92.6 cm³/mol. The molecule has 4 rings (SSSR count). The van der Waals surface area contributed by atoms with E-state index in [9.17, 15) is 31.5 Å². The molecule has 0 aliphatic carbocycles. The molecule has 0 spiro atoms. The first-order valence-electron chi connectivity index (χ1n) is 8.66. The van der Waals surface area contributed by atoms with Gasteiger partial charge in [0.2, 0.25) is 11.7 Å². The minimum absolute atomic E-state index is 0.00857. The van der Waals surface area contributed by atoms with Gasteiger partial charge in [0.1, 0.15) is 23.4 Å². The van der Waals surface area contributed by atoms with E-state index >= 15 is 0 Å². The molecule has 0 saturated heterocycles. The number of benzene rings is 1. The average Bonchev–Trinajstić information content (AvgIpc) is 3.04. The lowest BCUT2D eigenvalue weighted by Gasteiger charge is -2.14. The third-order valence-electron chi connectivity index (χ3n) is 4.56. The highest BCUT2D eigenvalue weighted by Gasteiger charge is 2.35. The van der Waals surface area contributed by atoms with Crippen molar-refractivity contribution in [2.75, 3.05) is 5.32 Å². The van der Waals surface area contributed by atoms with E-state index in [1.807, 2.05) is 0 Å². The van der Waals surface area contributed by atoms with Crippen molar-refractivity contribution in [3.63, 3.8) is 0 Å². The second-order valence-corrected chi connectivity index (χ2v) is 6.59. The molecule has 0 fully saturated rings. The molecule has 2 aromatic heterocycles. The van der Waals surface area contributed by atoms with Gasteiger partial charge in [0.25, 0.3) is 5.91 Å². The minimum Gasteiger partial charge on any atom is -0.337 e. The van der Waals surface area contributed by atoms with Gasteiger partial charge in [-0.1, -0.05) is 6.07 Å². The van der Waals surface area contributed by atoms with Crippen molar-refractivity contribution in [2.24, 2.45) is 0 Å². The van der Waals surface area contributed by atoms with Crippen LogP contribution in [0, 0.1) is 11.6 Å². The zero-order chi connectivity index (χ0) is 21.6. The lowest BCUT2D eigenvalue weighted by molar-refractivity contribution is -0.142. The summed E-state index contributed by atoms with van der Waals surface area (Å²) in [5.41, 5.74) is -1.28. The number of pyridine rings is 1. The van der Waals surface area contributed by atoms with Crippen molar-refractivity contribution in [3.05, 3.63) is 59.0 Å². The number of carbonyl (C=O) groups is 2. The van der Waals surface area contributed by atoms with Crippen LogP contribution in [0.1, 0.15) is 28.3 Å². The Labute approximate surface area is 164 Å². The molecular weight excluding hydrogens is 413 g/mol. The number of aryl methyl sites for hydroxylation is 1. The van der Waals surface area contributed by atoms with Crippen LogP contribution in [0.15, 0.2) is 30.3 Å². The Morgan fingerprint density at radius 1 is 1.23 bits per heavy atom. The summed E-state index contributed by atoms with van der Waals surface area (Å²) in [7, 11) is 0. The van der Waals surface area contributed by atoms with Gasteiger partial charge in [-0.25, -0.2) is 18.3 Å². The van der Waals surface area contributed by atoms with E-state index in [-0.39, 0.29) is 29.7 Å². The maximum Gasteiger partial charge on any atom is 0.433 e. The average molecular weight is 425 g/mol. The minimum atomic E-state index is -4.72. The third kappa shape index (κ3) is 3.55. The third-order valence-corrected chi connectivity index (χ3v) is 4.56. The molecule has 1 aliphatic rings. The molecule has 12 heteroatoms. The topological polar surface area (TPSA) is 88.4 Å². The Morgan fingerprint density at radius 3 is 2.73 bits per heavy atom. The summed E-state index contributed by atoms with van der Waals surface area (Å²) in [5, 5.41) is 8.21. The normalized spacial score (nSPS) is 16.7. The van der Waals surface area contributed by atoms with Gasteiger partial charge >= 0.3 is 6.18 Å². The molecule has 7 nitrogen and oxygen atoms in total. The van der Waals surface area contributed by atoms with Gasteiger partial charge in [0.05, 0.1) is 5.69 Å². The molecule has 2 amide bonds. The van der Waals surface area contributed by atoms with Crippen LogP contribution in [0.4, 0.5) is 27.6 Å². The van der Waals surface area contributed by atoms with Crippen molar-refractivity contribution >= 4 is 23.1 Å². The highest BCUT2D eigenvalue weighted by molar-refractivity contribution is 6.00. The van der Waals surface area contributed by atoms with Crippen LogP contribution in [-0.4, -0.2) is 32.5 Å². The van der Waals surface area contributed by atoms with Crippen molar-refractivity contribution in [1.29, 1.82) is 0 Å². The first kappa shape index (κ1) is 19.7. The van der Waals surface area contributed by atoms with Crippen molar-refractivity contribution in [1.82, 2.24) is 19.9 Å². The Hall–Kier alpha value is -3.57. The second-order valence-electron chi connectivity index (χ2n) is 6.59. The zero-order valence-corrected chi connectivity index (χ0v) is 14.9. The SMILES string of the molecule is O=C(NC1CCc2cc(F)cc(F)c2NC1=O)c1nc2cccc(C(F)(F)F)n2n1. The predicted octanol–water partition coefficient (Wildman–Crippen LogP) is 2.71. The molecule has 1 aliphatic heterocycles. The number of nitrogens with one attached hydrogen (secondary N) is 2. The van der Waals surface area contributed by atoms with Gasteiger partial charge in [-0.2, -0.15) is 13.2 Å². The summed E-state index contributed by atoms with van der Waals surface area (Å²) >= 11 is 0. The first-order chi connectivity index (χ1) is 14.1. The van der Waals surface area contributed by atoms with E-state index in [2.05, 4.69) is 20.7 Å². The summed E-state index contributed by atoms with van der Waals surface area (Å²) in [6.45, 7) is 0. The van der Waals surface area contributed by atoms with E-state index < -0.39 is 47.2 Å². The Morgan fingerprint density at radius 2 is 2.00 bits per heavy atom. The number of carbonyl (C=O) groups excluding carboxylic acids is 2. The Kier molecular flexibility index (Phi) is 4.63. The maximum atomic E-state index is 13.9. The summed E-state index contributed by atoms with van der Waals surface area (Å²) in [5.74, 6) is -4.07. The zero-order valence-electron chi connectivity index (χ0n) is 14.9. The molecule has 0 bridgehead atoms. The van der Waals surface area contributed by atoms with Crippen LogP contribution in [0.3, 0.4) is 0 Å². The summed E-state index contributed by atoms with van der Waals surface area (Å²) in [4.78, 5) is 28.6. The molecular formula is C18H12F5N5O2. The van der Waals surface area contributed by atoms with Crippen molar-refractivity contribution < 1.29 is 31.5 Å². The maximum absolute atomic E-state index is 13.9. The number of fused-ring (bicyclic) bond motifs is 2. The fourth-order valence-corrected chi connectivity index (χ4v) is 3.18. The van der Waals surface area contributed by atoms with E-state index in [0.717, 1.165) is 18.2 Å². The van der Waals surface area contributed by atoms with Crippen LogP contribution in [0.5, 0.6) is 0 Å². The summed E-state index contributed by atoms with van der Waals surface area (Å²) in [6.07, 6.45) is -4.63. The fraction of sp³-hybridized carbons (Fsp3) is 0.222. The summed E-state index contributed by atoms with van der Waals surface area (Å²) < 4.78 is 67.1. The second kappa shape index (κ2) is 7.04. The molecule has 1 aromatic carbocycles. The standard InChI is InChI=1S/C18H12F5N5O2/c19-9-6-8-4-5-11(16(29)26-14(8)10(20)7-9)24-17(30)15-25-13-3-1-2-12(18(21,22)23)28(13)27-15/h1-3,6-7,11H,4-5H2,(H,24,30)(H,26,29). The van der Waals surface area contributed by atoms with Gasteiger partial charge in [0.15, 0.2) is 5.65 Å². The molecule has 1 unspecified atom stereocenters. The van der Waals surface area contributed by atoms with Crippen LogP contribution >= 0.6 is 0 Å². The molecule has 3 heterocycles. The molecule has 0 saturated carbocycles.